The van der Waals surface area contributed by atoms with Gasteiger partial charge in [-0.15, -0.1) is 0 Å². The lowest BCUT2D eigenvalue weighted by Gasteiger charge is -2.13. The van der Waals surface area contributed by atoms with Gasteiger partial charge in [0, 0.05) is 43.3 Å². The molecule has 0 unspecified atom stereocenters. The van der Waals surface area contributed by atoms with E-state index in [9.17, 15) is 4.79 Å². The van der Waals surface area contributed by atoms with Crippen molar-refractivity contribution in [3.63, 3.8) is 0 Å². The molecule has 112 valence electrons. The Labute approximate surface area is 123 Å². The van der Waals surface area contributed by atoms with Gasteiger partial charge in [0.25, 0.3) is 0 Å². The number of aliphatic hydroxyl groups excluding tert-OH is 1. The molecule has 1 aromatic heterocycles. The summed E-state index contributed by atoms with van der Waals surface area (Å²) in [5, 5.41) is 14.4. The number of hydrogen-bond donors (Lipinski definition) is 3. The van der Waals surface area contributed by atoms with Crippen molar-refractivity contribution in [3.05, 3.63) is 36.7 Å². The maximum absolute atomic E-state index is 11.8. The summed E-state index contributed by atoms with van der Waals surface area (Å²) in [6.45, 7) is 1.90. The summed E-state index contributed by atoms with van der Waals surface area (Å²) in [6, 6.07) is 7.15. The number of amides is 2. The lowest BCUT2D eigenvalue weighted by atomic mass is 10.2. The number of imidazole rings is 1. The second-order valence-electron chi connectivity index (χ2n) is 4.95. The summed E-state index contributed by atoms with van der Waals surface area (Å²) >= 11 is 0. The summed E-state index contributed by atoms with van der Waals surface area (Å²) in [5.41, 5.74) is 1.63. The number of rotatable bonds is 5. The molecule has 0 fully saturated rings. The van der Waals surface area contributed by atoms with E-state index in [0.29, 0.717) is 12.1 Å². The van der Waals surface area contributed by atoms with Gasteiger partial charge in [-0.05, 0) is 25.5 Å². The Hall–Kier alpha value is -2.34. The van der Waals surface area contributed by atoms with Gasteiger partial charge in [-0.2, -0.15) is 0 Å². The van der Waals surface area contributed by atoms with Gasteiger partial charge >= 0.3 is 6.03 Å². The molecule has 0 spiro atoms. The number of aryl methyl sites for hydroxylation is 1. The third kappa shape index (κ3) is 4.06. The monoisotopic (exact) mass is 288 g/mol. The number of carbonyl (C=O) groups is 1. The second-order valence-corrected chi connectivity index (χ2v) is 4.95. The van der Waals surface area contributed by atoms with Crippen LogP contribution >= 0.6 is 0 Å². The molecular formula is C15H20N4O2. The van der Waals surface area contributed by atoms with E-state index in [1.807, 2.05) is 49.0 Å². The molecule has 0 radical (unpaired) electrons. The van der Waals surface area contributed by atoms with Crippen molar-refractivity contribution < 1.29 is 9.90 Å². The number of benzene rings is 1. The highest BCUT2D eigenvalue weighted by atomic mass is 16.3. The second kappa shape index (κ2) is 6.90. The topological polar surface area (TPSA) is 79.2 Å². The average molecular weight is 288 g/mol. The van der Waals surface area contributed by atoms with Crippen molar-refractivity contribution in [1.82, 2.24) is 14.9 Å². The van der Waals surface area contributed by atoms with Crippen LogP contribution in [0.2, 0.25) is 0 Å². The fourth-order valence-corrected chi connectivity index (χ4v) is 2.04. The van der Waals surface area contributed by atoms with E-state index in [1.54, 1.807) is 6.20 Å². The van der Waals surface area contributed by atoms with E-state index in [4.69, 9.17) is 5.11 Å². The fourth-order valence-electron chi connectivity index (χ4n) is 2.04. The molecule has 0 bridgehead atoms. The molecule has 0 aliphatic rings. The van der Waals surface area contributed by atoms with Crippen molar-refractivity contribution in [1.29, 1.82) is 0 Å². The summed E-state index contributed by atoms with van der Waals surface area (Å²) < 4.78 is 1.92. The van der Waals surface area contributed by atoms with Crippen molar-refractivity contribution in [3.8, 4) is 11.4 Å². The number of carbonyl (C=O) groups excluding carboxylic acids is 1. The number of anilines is 1. The van der Waals surface area contributed by atoms with Crippen LogP contribution in [0.5, 0.6) is 0 Å². The van der Waals surface area contributed by atoms with Crippen LogP contribution in [-0.2, 0) is 7.05 Å². The molecule has 6 heteroatoms. The largest absolute Gasteiger partial charge is 0.396 e. The van der Waals surface area contributed by atoms with Crippen LogP contribution in [0.4, 0.5) is 10.5 Å². The van der Waals surface area contributed by atoms with E-state index in [-0.39, 0.29) is 18.7 Å². The maximum atomic E-state index is 11.8. The first-order valence-electron chi connectivity index (χ1n) is 6.86. The molecule has 0 aliphatic carbocycles. The van der Waals surface area contributed by atoms with E-state index in [1.165, 1.54) is 0 Å². The summed E-state index contributed by atoms with van der Waals surface area (Å²) in [6.07, 6.45) is 4.14. The third-order valence-electron chi connectivity index (χ3n) is 3.14. The van der Waals surface area contributed by atoms with E-state index >= 15 is 0 Å². The average Bonchev–Trinajstić information content (AvgIpc) is 2.85. The zero-order valence-corrected chi connectivity index (χ0v) is 12.2. The van der Waals surface area contributed by atoms with Crippen LogP contribution in [0, 0.1) is 0 Å². The van der Waals surface area contributed by atoms with Crippen molar-refractivity contribution >= 4 is 11.7 Å². The molecule has 0 aliphatic heterocycles. The zero-order chi connectivity index (χ0) is 15.2. The number of hydrogen-bond acceptors (Lipinski definition) is 3. The first kappa shape index (κ1) is 15.1. The van der Waals surface area contributed by atoms with Crippen LogP contribution in [0.25, 0.3) is 11.4 Å². The Morgan fingerprint density at radius 3 is 2.95 bits per heavy atom. The molecule has 0 saturated carbocycles. The molecule has 1 aromatic carbocycles. The lowest BCUT2D eigenvalue weighted by molar-refractivity contribution is 0.241. The third-order valence-corrected chi connectivity index (χ3v) is 3.14. The first-order valence-corrected chi connectivity index (χ1v) is 6.86. The minimum atomic E-state index is -0.284. The minimum Gasteiger partial charge on any atom is -0.396 e. The lowest BCUT2D eigenvalue weighted by Crippen LogP contribution is -2.36. The standard InChI is InChI=1S/C15H20N4O2/c1-11(6-9-20)17-15(21)18-13-5-3-4-12(10-13)14-16-7-8-19(14)2/h3-5,7-8,10-11,20H,6,9H2,1-2H3,(H2,17,18,21)/t11-/m1/s1. The number of aromatic nitrogens is 2. The minimum absolute atomic E-state index is 0.0517. The molecule has 2 amide bonds. The van der Waals surface area contributed by atoms with Crippen LogP contribution in [0.3, 0.4) is 0 Å². The van der Waals surface area contributed by atoms with Gasteiger partial charge in [0.2, 0.25) is 0 Å². The van der Waals surface area contributed by atoms with E-state index < -0.39 is 0 Å². The number of urea groups is 1. The molecule has 1 atom stereocenters. The molecule has 0 saturated heterocycles. The van der Waals surface area contributed by atoms with Gasteiger partial charge in [-0.1, -0.05) is 12.1 Å². The van der Waals surface area contributed by atoms with Gasteiger partial charge in [0.1, 0.15) is 5.82 Å². The molecular weight excluding hydrogens is 268 g/mol. The van der Waals surface area contributed by atoms with Crippen LogP contribution in [0.1, 0.15) is 13.3 Å². The fraction of sp³-hybridized carbons (Fsp3) is 0.333. The Morgan fingerprint density at radius 1 is 1.48 bits per heavy atom. The van der Waals surface area contributed by atoms with Crippen LogP contribution in [-0.4, -0.2) is 33.3 Å². The molecule has 2 aromatic rings. The Balaban J connectivity index is 2.05. The normalized spacial score (nSPS) is 12.0. The molecule has 21 heavy (non-hydrogen) atoms. The molecule has 2 rings (SSSR count). The quantitative estimate of drug-likeness (QED) is 0.787. The van der Waals surface area contributed by atoms with E-state index in [2.05, 4.69) is 15.6 Å². The van der Waals surface area contributed by atoms with Crippen LogP contribution in [0.15, 0.2) is 36.7 Å². The smallest absolute Gasteiger partial charge is 0.319 e. The predicted octanol–water partition coefficient (Wildman–Crippen LogP) is 1.98. The van der Waals surface area contributed by atoms with Crippen molar-refractivity contribution in [2.24, 2.45) is 7.05 Å². The number of nitrogens with one attached hydrogen (secondary N) is 2. The van der Waals surface area contributed by atoms with Gasteiger partial charge in [0.05, 0.1) is 0 Å². The number of nitrogens with zero attached hydrogens (tertiary/aromatic N) is 2. The number of aliphatic hydroxyl groups is 1. The highest BCUT2D eigenvalue weighted by molar-refractivity contribution is 5.90. The van der Waals surface area contributed by atoms with Crippen molar-refractivity contribution in [2.45, 2.75) is 19.4 Å². The summed E-state index contributed by atoms with van der Waals surface area (Å²) in [4.78, 5) is 16.1. The summed E-state index contributed by atoms with van der Waals surface area (Å²) in [5.74, 6) is 0.840. The Kier molecular flexibility index (Phi) is 4.94. The first-order chi connectivity index (χ1) is 10.1. The Morgan fingerprint density at radius 2 is 2.29 bits per heavy atom. The predicted molar refractivity (Wildman–Crippen MR) is 82.0 cm³/mol. The SMILES string of the molecule is C[C@H](CCO)NC(=O)Nc1cccc(-c2nccn2C)c1. The molecule has 3 N–H and O–H groups in total. The van der Waals surface area contributed by atoms with E-state index in [0.717, 1.165) is 11.4 Å². The Bertz CT molecular complexity index is 609. The highest BCUT2D eigenvalue weighted by Crippen LogP contribution is 2.20. The van der Waals surface area contributed by atoms with Gasteiger partial charge in [-0.25, -0.2) is 9.78 Å². The van der Waals surface area contributed by atoms with Gasteiger partial charge in [-0.3, -0.25) is 0 Å². The molecule has 6 nitrogen and oxygen atoms in total. The summed E-state index contributed by atoms with van der Waals surface area (Å²) in [7, 11) is 1.92. The van der Waals surface area contributed by atoms with Crippen molar-refractivity contribution in [2.75, 3.05) is 11.9 Å². The zero-order valence-electron chi connectivity index (χ0n) is 12.2. The highest BCUT2D eigenvalue weighted by Gasteiger charge is 2.08. The van der Waals surface area contributed by atoms with Gasteiger partial charge in [0.15, 0.2) is 0 Å². The van der Waals surface area contributed by atoms with Crippen LogP contribution < -0.4 is 10.6 Å². The van der Waals surface area contributed by atoms with Gasteiger partial charge < -0.3 is 20.3 Å². The maximum Gasteiger partial charge on any atom is 0.319 e. The molecule has 1 heterocycles.